The van der Waals surface area contributed by atoms with Crippen molar-refractivity contribution in [2.45, 2.75) is 32.7 Å². The summed E-state index contributed by atoms with van der Waals surface area (Å²) in [5.74, 6) is 0.238. The molecule has 0 radical (unpaired) electrons. The number of aryl methyl sites for hydroxylation is 2. The first-order valence-electron chi connectivity index (χ1n) is 11.4. The van der Waals surface area contributed by atoms with Crippen LogP contribution >= 0.6 is 0 Å². The molecular weight excluding hydrogens is 406 g/mol. The summed E-state index contributed by atoms with van der Waals surface area (Å²) in [6.45, 7) is 9.78. The van der Waals surface area contributed by atoms with E-state index in [-0.39, 0.29) is 5.92 Å². The van der Waals surface area contributed by atoms with Crippen LogP contribution in [0.15, 0.2) is 79.9 Å². The van der Waals surface area contributed by atoms with E-state index in [2.05, 4.69) is 99.0 Å². The minimum Gasteiger partial charge on any atom is -0.313 e. The van der Waals surface area contributed by atoms with Crippen molar-refractivity contribution in [2.24, 2.45) is 0 Å². The minimum absolute atomic E-state index is 0.238. The van der Waals surface area contributed by atoms with Crippen LogP contribution in [0.1, 0.15) is 46.0 Å². The molecule has 1 N–H and O–H groups in total. The minimum atomic E-state index is 0.238. The van der Waals surface area contributed by atoms with Gasteiger partial charge in [0.25, 0.3) is 0 Å². The molecule has 0 bridgehead atoms. The molecule has 0 fully saturated rings. The highest BCUT2D eigenvalue weighted by Gasteiger charge is 2.19. The first kappa shape index (κ1) is 21.2. The van der Waals surface area contributed by atoms with Gasteiger partial charge in [-0.1, -0.05) is 49.1 Å². The van der Waals surface area contributed by atoms with E-state index >= 15 is 0 Å². The number of rotatable bonds is 8. The lowest BCUT2D eigenvalue weighted by atomic mass is 9.88. The van der Waals surface area contributed by atoms with Gasteiger partial charge in [0.15, 0.2) is 0 Å². The quantitative estimate of drug-likeness (QED) is 0.325. The molecule has 5 heteroatoms. The van der Waals surface area contributed by atoms with E-state index in [1.807, 2.05) is 19.9 Å². The van der Waals surface area contributed by atoms with Crippen molar-refractivity contribution in [3.63, 3.8) is 0 Å². The fourth-order valence-corrected chi connectivity index (χ4v) is 4.57. The summed E-state index contributed by atoms with van der Waals surface area (Å²) in [4.78, 5) is 9.35. The topological polar surface area (TPSA) is 46.6 Å². The second-order valence-corrected chi connectivity index (χ2v) is 8.66. The zero-order valence-electron chi connectivity index (χ0n) is 19.2. The Bertz CT molecular complexity index is 1410. The zero-order valence-corrected chi connectivity index (χ0v) is 19.2. The van der Waals surface area contributed by atoms with Gasteiger partial charge in [-0.2, -0.15) is 0 Å². The van der Waals surface area contributed by atoms with Crippen molar-refractivity contribution < 1.29 is 0 Å². The second-order valence-electron chi connectivity index (χ2n) is 8.66. The fourth-order valence-electron chi connectivity index (χ4n) is 4.57. The van der Waals surface area contributed by atoms with Gasteiger partial charge < -0.3 is 14.1 Å². The van der Waals surface area contributed by atoms with Gasteiger partial charge in [0.2, 0.25) is 0 Å². The van der Waals surface area contributed by atoms with Crippen LogP contribution in [-0.4, -0.2) is 25.3 Å². The molecule has 0 aliphatic rings. The number of imidazole rings is 2. The molecule has 1 atom stereocenters. The van der Waals surface area contributed by atoms with Crippen molar-refractivity contribution in [3.8, 4) is 0 Å². The Labute approximate surface area is 194 Å². The monoisotopic (exact) mass is 435 g/mol. The fraction of sp³-hybridized carbons (Fsp3) is 0.214. The lowest BCUT2D eigenvalue weighted by Gasteiger charge is -2.20. The maximum absolute atomic E-state index is 4.84. The first-order chi connectivity index (χ1) is 16.1. The highest BCUT2D eigenvalue weighted by atomic mass is 15.0. The summed E-state index contributed by atoms with van der Waals surface area (Å²) >= 11 is 0. The predicted molar refractivity (Wildman–Crippen MR) is 135 cm³/mol. The number of nitrogens with one attached hydrogen (secondary N) is 1. The molecule has 0 amide bonds. The Morgan fingerprint density at radius 2 is 1.73 bits per heavy atom. The van der Waals surface area contributed by atoms with Crippen LogP contribution in [0.4, 0.5) is 0 Å². The molecule has 1 aromatic carbocycles. The van der Waals surface area contributed by atoms with Crippen molar-refractivity contribution in [1.29, 1.82) is 0 Å². The maximum Gasteiger partial charge on any atom is 0.140 e. The Kier molecular flexibility index (Phi) is 5.80. The third-order valence-electron chi connectivity index (χ3n) is 6.11. The molecule has 0 aliphatic heterocycles. The smallest absolute Gasteiger partial charge is 0.140 e. The molecule has 166 valence electrons. The van der Waals surface area contributed by atoms with E-state index < -0.39 is 0 Å². The van der Waals surface area contributed by atoms with Crippen LogP contribution in [0.2, 0.25) is 0 Å². The first-order valence-corrected chi connectivity index (χ1v) is 11.4. The summed E-state index contributed by atoms with van der Waals surface area (Å²) < 4.78 is 4.23. The summed E-state index contributed by atoms with van der Waals surface area (Å²) in [5, 5.41) is 3.64. The van der Waals surface area contributed by atoms with Gasteiger partial charge in [-0.25, -0.2) is 9.97 Å². The van der Waals surface area contributed by atoms with E-state index in [9.17, 15) is 0 Å². The van der Waals surface area contributed by atoms with Crippen LogP contribution in [0.3, 0.4) is 0 Å². The van der Waals surface area contributed by atoms with E-state index in [0.717, 1.165) is 47.8 Å². The Morgan fingerprint density at radius 3 is 2.55 bits per heavy atom. The van der Waals surface area contributed by atoms with Crippen molar-refractivity contribution in [3.05, 3.63) is 114 Å². The van der Waals surface area contributed by atoms with Crippen molar-refractivity contribution >= 4 is 17.4 Å². The number of nitrogens with zero attached hydrogens (tertiary/aromatic N) is 4. The molecule has 5 rings (SSSR count). The van der Waals surface area contributed by atoms with E-state index in [4.69, 9.17) is 4.98 Å². The lowest BCUT2D eigenvalue weighted by molar-refractivity contribution is 0.611. The van der Waals surface area contributed by atoms with E-state index in [0.29, 0.717) is 0 Å². The normalized spacial score (nSPS) is 12.4. The predicted octanol–water partition coefficient (Wildman–Crippen LogP) is 5.55. The molecular formula is C28H29N5. The summed E-state index contributed by atoms with van der Waals surface area (Å²) in [5.41, 5.74) is 8.96. The molecule has 0 saturated heterocycles. The van der Waals surface area contributed by atoms with Gasteiger partial charge in [0.05, 0.1) is 11.4 Å². The Morgan fingerprint density at radius 1 is 0.939 bits per heavy atom. The molecule has 4 aromatic heterocycles. The van der Waals surface area contributed by atoms with Gasteiger partial charge in [0.1, 0.15) is 11.3 Å². The molecule has 0 aliphatic carbocycles. The molecule has 1 unspecified atom stereocenters. The van der Waals surface area contributed by atoms with Crippen LogP contribution in [0.5, 0.6) is 0 Å². The van der Waals surface area contributed by atoms with E-state index in [1.165, 1.54) is 16.7 Å². The Hall–Kier alpha value is -3.70. The van der Waals surface area contributed by atoms with Gasteiger partial charge in [0, 0.05) is 42.8 Å². The highest BCUT2D eigenvalue weighted by Crippen LogP contribution is 2.31. The van der Waals surface area contributed by atoms with Gasteiger partial charge in [-0.05, 0) is 55.6 Å². The SMILES string of the molecule is C=Cc1cc(C(CCNCc2ccc3nc(C)cn3c2)c2ccccc2)c2nc(C)cn2c1. The summed E-state index contributed by atoms with van der Waals surface area (Å²) in [6, 6.07) is 17.2. The van der Waals surface area contributed by atoms with Gasteiger partial charge in [-0.3, -0.25) is 0 Å². The second kappa shape index (κ2) is 9.04. The molecule has 33 heavy (non-hydrogen) atoms. The zero-order chi connectivity index (χ0) is 22.8. The average molecular weight is 436 g/mol. The average Bonchev–Trinajstić information content (AvgIpc) is 3.39. The third-order valence-corrected chi connectivity index (χ3v) is 6.11. The molecule has 5 nitrogen and oxygen atoms in total. The number of hydrogen-bond donors (Lipinski definition) is 1. The van der Waals surface area contributed by atoms with Crippen LogP contribution in [0, 0.1) is 13.8 Å². The maximum atomic E-state index is 4.84. The molecule has 0 saturated carbocycles. The van der Waals surface area contributed by atoms with Crippen molar-refractivity contribution in [2.75, 3.05) is 6.54 Å². The Balaban J connectivity index is 1.38. The third kappa shape index (κ3) is 4.45. The highest BCUT2D eigenvalue weighted by molar-refractivity contribution is 5.60. The van der Waals surface area contributed by atoms with Crippen LogP contribution < -0.4 is 5.32 Å². The van der Waals surface area contributed by atoms with Crippen LogP contribution in [-0.2, 0) is 6.54 Å². The number of aromatic nitrogens is 4. The largest absolute Gasteiger partial charge is 0.313 e. The standard InChI is InChI=1S/C28H29N5/c1-4-22-14-26(28-31-21(3)17-33(28)18-22)25(24-8-6-5-7-9-24)12-13-29-15-23-10-11-27-30-20(2)16-32(27)19-23/h4-11,14,16-19,25,29H,1,12-13,15H2,2-3H3. The molecule has 0 spiro atoms. The summed E-state index contributed by atoms with van der Waals surface area (Å²) in [6.07, 6.45) is 11.3. The molecule has 5 aromatic rings. The number of hydrogen-bond acceptors (Lipinski definition) is 3. The van der Waals surface area contributed by atoms with Gasteiger partial charge in [-0.15, -0.1) is 0 Å². The van der Waals surface area contributed by atoms with Gasteiger partial charge >= 0.3 is 0 Å². The number of benzene rings is 1. The molecule has 4 heterocycles. The number of pyridine rings is 2. The van der Waals surface area contributed by atoms with Crippen molar-refractivity contribution in [1.82, 2.24) is 24.1 Å². The van der Waals surface area contributed by atoms with Crippen LogP contribution in [0.25, 0.3) is 17.4 Å². The lowest BCUT2D eigenvalue weighted by Crippen LogP contribution is -2.18. The summed E-state index contributed by atoms with van der Waals surface area (Å²) in [7, 11) is 0. The number of fused-ring (bicyclic) bond motifs is 2. The van der Waals surface area contributed by atoms with E-state index in [1.54, 1.807) is 0 Å².